The highest BCUT2D eigenvalue weighted by Crippen LogP contribution is 2.46. The monoisotopic (exact) mass is 166 g/mol. The lowest BCUT2D eigenvalue weighted by Crippen LogP contribution is -2.02. The van der Waals surface area contributed by atoms with Gasteiger partial charge in [0.15, 0.2) is 0 Å². The molecule has 1 aliphatic carbocycles. The van der Waals surface area contributed by atoms with Gasteiger partial charge in [-0.3, -0.25) is 4.68 Å². The van der Waals surface area contributed by atoms with Gasteiger partial charge in [-0.25, -0.2) is 0 Å². The standard InChI is InChI=1S/C9H14N2O/c1-6-5-7(6)9(12)8-3-4-11(2)10-8/h3-4,6-7,9,12H,5H2,1-2H3. The van der Waals surface area contributed by atoms with Gasteiger partial charge in [0.1, 0.15) is 6.10 Å². The highest BCUT2D eigenvalue weighted by atomic mass is 16.3. The van der Waals surface area contributed by atoms with E-state index in [4.69, 9.17) is 0 Å². The maximum Gasteiger partial charge on any atom is 0.101 e. The van der Waals surface area contributed by atoms with Crippen LogP contribution in [0.2, 0.25) is 0 Å². The van der Waals surface area contributed by atoms with Crippen LogP contribution in [0.25, 0.3) is 0 Å². The van der Waals surface area contributed by atoms with Crippen LogP contribution in [0.3, 0.4) is 0 Å². The van der Waals surface area contributed by atoms with E-state index in [0.717, 1.165) is 12.1 Å². The summed E-state index contributed by atoms with van der Waals surface area (Å²) in [6.07, 6.45) is 2.66. The minimum Gasteiger partial charge on any atom is -0.386 e. The fourth-order valence-corrected chi connectivity index (χ4v) is 1.60. The van der Waals surface area contributed by atoms with E-state index < -0.39 is 0 Å². The van der Waals surface area contributed by atoms with E-state index in [1.54, 1.807) is 4.68 Å². The molecule has 2 rings (SSSR count). The predicted molar refractivity (Wildman–Crippen MR) is 45.4 cm³/mol. The van der Waals surface area contributed by atoms with Crippen LogP contribution in [-0.4, -0.2) is 14.9 Å². The average Bonchev–Trinajstić information content (AvgIpc) is 2.58. The molecule has 0 amide bonds. The number of hydrogen-bond donors (Lipinski definition) is 1. The third-order valence-electron chi connectivity index (χ3n) is 2.61. The minimum atomic E-state index is -0.346. The first kappa shape index (κ1) is 7.80. The Hall–Kier alpha value is -0.830. The Morgan fingerprint density at radius 3 is 2.83 bits per heavy atom. The molecule has 12 heavy (non-hydrogen) atoms. The quantitative estimate of drug-likeness (QED) is 0.714. The fraction of sp³-hybridized carbons (Fsp3) is 0.667. The molecule has 0 saturated heterocycles. The summed E-state index contributed by atoms with van der Waals surface area (Å²) in [5, 5.41) is 13.9. The molecule has 3 nitrogen and oxygen atoms in total. The maximum atomic E-state index is 9.77. The number of rotatable bonds is 2. The van der Waals surface area contributed by atoms with E-state index in [9.17, 15) is 5.11 Å². The van der Waals surface area contributed by atoms with Crippen LogP contribution < -0.4 is 0 Å². The summed E-state index contributed by atoms with van der Waals surface area (Å²) in [5.74, 6) is 1.11. The zero-order chi connectivity index (χ0) is 8.72. The lowest BCUT2D eigenvalue weighted by molar-refractivity contribution is 0.143. The fourth-order valence-electron chi connectivity index (χ4n) is 1.60. The Labute approximate surface area is 72.0 Å². The number of aliphatic hydroxyl groups is 1. The first-order valence-electron chi connectivity index (χ1n) is 4.36. The van der Waals surface area contributed by atoms with E-state index in [1.165, 1.54) is 0 Å². The van der Waals surface area contributed by atoms with Crippen LogP contribution in [0.15, 0.2) is 12.3 Å². The molecule has 1 aliphatic rings. The lowest BCUT2D eigenvalue weighted by Gasteiger charge is -2.04. The van der Waals surface area contributed by atoms with Gasteiger partial charge in [0.2, 0.25) is 0 Å². The molecular weight excluding hydrogens is 152 g/mol. The first-order valence-corrected chi connectivity index (χ1v) is 4.36. The molecule has 0 radical (unpaired) electrons. The second-order valence-corrected chi connectivity index (χ2v) is 3.74. The molecule has 1 N–H and O–H groups in total. The van der Waals surface area contributed by atoms with Crippen molar-refractivity contribution in [3.05, 3.63) is 18.0 Å². The SMILES string of the molecule is CC1CC1C(O)c1ccn(C)n1. The van der Waals surface area contributed by atoms with Crippen molar-refractivity contribution in [1.29, 1.82) is 0 Å². The molecule has 1 heterocycles. The third kappa shape index (κ3) is 1.25. The number of aliphatic hydroxyl groups excluding tert-OH is 1. The summed E-state index contributed by atoms with van der Waals surface area (Å²) < 4.78 is 1.73. The van der Waals surface area contributed by atoms with Gasteiger partial charge in [-0.15, -0.1) is 0 Å². The molecule has 0 spiro atoms. The van der Waals surface area contributed by atoms with Crippen molar-refractivity contribution in [1.82, 2.24) is 9.78 Å². The molecule has 0 aromatic carbocycles. The molecule has 3 heteroatoms. The van der Waals surface area contributed by atoms with E-state index in [0.29, 0.717) is 11.8 Å². The lowest BCUT2D eigenvalue weighted by atomic mass is 10.1. The van der Waals surface area contributed by atoms with Crippen molar-refractivity contribution < 1.29 is 5.11 Å². The van der Waals surface area contributed by atoms with Crippen molar-refractivity contribution in [2.45, 2.75) is 19.4 Å². The van der Waals surface area contributed by atoms with Crippen molar-refractivity contribution >= 4 is 0 Å². The van der Waals surface area contributed by atoms with Crippen LogP contribution in [0.5, 0.6) is 0 Å². The second-order valence-electron chi connectivity index (χ2n) is 3.74. The van der Waals surface area contributed by atoms with Gasteiger partial charge in [0, 0.05) is 13.2 Å². The summed E-state index contributed by atoms with van der Waals surface area (Å²) in [6.45, 7) is 2.16. The summed E-state index contributed by atoms with van der Waals surface area (Å²) in [7, 11) is 1.87. The van der Waals surface area contributed by atoms with Crippen LogP contribution in [0.4, 0.5) is 0 Å². The molecule has 1 fully saturated rings. The number of aryl methyl sites for hydroxylation is 1. The van der Waals surface area contributed by atoms with Crippen LogP contribution >= 0.6 is 0 Å². The van der Waals surface area contributed by atoms with Crippen LogP contribution in [0.1, 0.15) is 25.1 Å². The zero-order valence-corrected chi connectivity index (χ0v) is 7.44. The molecule has 1 saturated carbocycles. The molecule has 66 valence electrons. The highest BCUT2D eigenvalue weighted by molar-refractivity contribution is 5.08. The molecule has 1 aromatic rings. The summed E-state index contributed by atoms with van der Waals surface area (Å²) >= 11 is 0. The van der Waals surface area contributed by atoms with Crippen molar-refractivity contribution in [3.8, 4) is 0 Å². The van der Waals surface area contributed by atoms with Gasteiger partial charge in [-0.2, -0.15) is 5.10 Å². The van der Waals surface area contributed by atoms with E-state index in [1.807, 2.05) is 19.3 Å². The Bertz CT molecular complexity index is 282. The van der Waals surface area contributed by atoms with E-state index in [2.05, 4.69) is 12.0 Å². The van der Waals surface area contributed by atoms with Gasteiger partial charge >= 0.3 is 0 Å². The highest BCUT2D eigenvalue weighted by Gasteiger charge is 2.40. The summed E-state index contributed by atoms with van der Waals surface area (Å²) in [6, 6.07) is 1.88. The van der Waals surface area contributed by atoms with Gasteiger partial charge in [-0.05, 0) is 24.3 Å². The Balaban J connectivity index is 2.09. The average molecular weight is 166 g/mol. The van der Waals surface area contributed by atoms with Crippen molar-refractivity contribution in [2.75, 3.05) is 0 Å². The Morgan fingerprint density at radius 2 is 2.42 bits per heavy atom. The van der Waals surface area contributed by atoms with Gasteiger partial charge in [0.25, 0.3) is 0 Å². The normalized spacial score (nSPS) is 30.2. The zero-order valence-electron chi connectivity index (χ0n) is 7.44. The molecule has 3 atom stereocenters. The molecular formula is C9H14N2O. The molecule has 1 aromatic heterocycles. The molecule has 0 bridgehead atoms. The Morgan fingerprint density at radius 1 is 1.75 bits per heavy atom. The van der Waals surface area contributed by atoms with Gasteiger partial charge in [-0.1, -0.05) is 6.92 Å². The Kier molecular flexibility index (Phi) is 1.68. The number of nitrogens with zero attached hydrogens (tertiary/aromatic N) is 2. The number of aromatic nitrogens is 2. The van der Waals surface area contributed by atoms with Gasteiger partial charge in [0.05, 0.1) is 5.69 Å². The summed E-state index contributed by atoms with van der Waals surface area (Å²) in [5.41, 5.74) is 0.812. The van der Waals surface area contributed by atoms with Crippen molar-refractivity contribution in [2.24, 2.45) is 18.9 Å². The minimum absolute atomic E-state index is 0.346. The third-order valence-corrected chi connectivity index (χ3v) is 2.61. The second kappa shape index (κ2) is 2.59. The van der Waals surface area contributed by atoms with Gasteiger partial charge < -0.3 is 5.11 Å². The van der Waals surface area contributed by atoms with Crippen LogP contribution in [-0.2, 0) is 7.05 Å². The predicted octanol–water partition coefficient (Wildman–Crippen LogP) is 1.11. The smallest absolute Gasteiger partial charge is 0.101 e. The first-order chi connectivity index (χ1) is 5.68. The number of hydrogen-bond acceptors (Lipinski definition) is 2. The molecule has 0 aliphatic heterocycles. The van der Waals surface area contributed by atoms with Crippen molar-refractivity contribution in [3.63, 3.8) is 0 Å². The maximum absolute atomic E-state index is 9.77. The van der Waals surface area contributed by atoms with E-state index in [-0.39, 0.29) is 6.10 Å². The topological polar surface area (TPSA) is 38.0 Å². The van der Waals surface area contributed by atoms with E-state index >= 15 is 0 Å². The molecule has 3 unspecified atom stereocenters. The van der Waals surface area contributed by atoms with Crippen LogP contribution in [0, 0.1) is 11.8 Å². The largest absolute Gasteiger partial charge is 0.386 e. The summed E-state index contributed by atoms with van der Waals surface area (Å²) in [4.78, 5) is 0.